The molecular weight excluding hydrogens is 371 g/mol. The fourth-order valence-corrected chi connectivity index (χ4v) is 3.20. The Balaban J connectivity index is 0.00000288. The number of halogens is 3. The molecule has 1 N–H and O–H groups in total. The summed E-state index contributed by atoms with van der Waals surface area (Å²) in [4.78, 5) is 14.2. The Kier molecular flexibility index (Phi) is 9.82. The molecule has 0 spiro atoms. The predicted octanol–water partition coefficient (Wildman–Crippen LogP) is 4.03. The number of benzene rings is 1. The molecule has 0 aliphatic carbocycles. The molecule has 0 bridgehead atoms. The van der Waals surface area contributed by atoms with Crippen molar-refractivity contribution in [1.82, 2.24) is 10.2 Å². The number of hydrogen-bond donors (Lipinski definition) is 1. The van der Waals surface area contributed by atoms with Gasteiger partial charge in [0.25, 0.3) is 0 Å². The number of carbonyl (C=O) groups excluding carboxylic acids is 1. The lowest BCUT2D eigenvalue weighted by Crippen LogP contribution is -2.41. The standard InChI is InChI=1S/C17H24Cl2N2O2.ClH/c1-2-20-12-13-5-8-21(9-6-13)17(22)7-10-23-16-4-3-14(18)11-15(16)19;/h3-4,11,13,20H,2,5-10,12H2,1H3;1H. The quantitative estimate of drug-likeness (QED) is 0.758. The molecule has 0 radical (unpaired) electrons. The van der Waals surface area contributed by atoms with Crippen molar-refractivity contribution in [2.75, 3.05) is 32.8 Å². The van der Waals surface area contributed by atoms with E-state index in [1.807, 2.05) is 4.90 Å². The van der Waals surface area contributed by atoms with Crippen LogP contribution in [0.3, 0.4) is 0 Å². The van der Waals surface area contributed by atoms with Crippen molar-refractivity contribution < 1.29 is 9.53 Å². The molecular formula is C17H25Cl3N2O2. The third kappa shape index (κ3) is 6.67. The average Bonchev–Trinajstić information content (AvgIpc) is 2.55. The first-order valence-electron chi connectivity index (χ1n) is 8.16. The second-order valence-corrected chi connectivity index (χ2v) is 6.65. The van der Waals surface area contributed by atoms with Crippen LogP contribution in [0.15, 0.2) is 18.2 Å². The molecule has 2 rings (SSSR count). The van der Waals surface area contributed by atoms with Gasteiger partial charge in [0.2, 0.25) is 5.91 Å². The molecule has 0 unspecified atom stereocenters. The van der Waals surface area contributed by atoms with Crippen molar-refractivity contribution in [3.63, 3.8) is 0 Å². The van der Waals surface area contributed by atoms with Crippen LogP contribution >= 0.6 is 35.6 Å². The van der Waals surface area contributed by atoms with Gasteiger partial charge in [-0.1, -0.05) is 30.1 Å². The summed E-state index contributed by atoms with van der Waals surface area (Å²) < 4.78 is 5.58. The van der Waals surface area contributed by atoms with Crippen LogP contribution in [0, 0.1) is 5.92 Å². The molecule has 0 aromatic heterocycles. The molecule has 1 aliphatic heterocycles. The number of nitrogens with one attached hydrogen (secondary N) is 1. The Morgan fingerprint density at radius 2 is 2.04 bits per heavy atom. The largest absolute Gasteiger partial charge is 0.491 e. The minimum atomic E-state index is 0. The van der Waals surface area contributed by atoms with Crippen molar-refractivity contribution in [3.05, 3.63) is 28.2 Å². The fourth-order valence-electron chi connectivity index (χ4n) is 2.73. The monoisotopic (exact) mass is 394 g/mol. The van der Waals surface area contributed by atoms with E-state index in [2.05, 4.69) is 12.2 Å². The van der Waals surface area contributed by atoms with Gasteiger partial charge in [0, 0.05) is 18.1 Å². The SMILES string of the molecule is CCNCC1CCN(C(=O)CCOc2ccc(Cl)cc2Cl)CC1.Cl. The van der Waals surface area contributed by atoms with Crippen molar-refractivity contribution in [2.24, 2.45) is 5.92 Å². The summed E-state index contributed by atoms with van der Waals surface area (Å²) >= 11 is 11.9. The number of carbonyl (C=O) groups is 1. The fraction of sp³-hybridized carbons (Fsp3) is 0.588. The summed E-state index contributed by atoms with van der Waals surface area (Å²) in [7, 11) is 0. The predicted molar refractivity (Wildman–Crippen MR) is 102 cm³/mol. The van der Waals surface area contributed by atoms with Gasteiger partial charge in [0.1, 0.15) is 5.75 Å². The van der Waals surface area contributed by atoms with Crippen LogP contribution < -0.4 is 10.1 Å². The van der Waals surface area contributed by atoms with Gasteiger partial charge in [-0.25, -0.2) is 0 Å². The van der Waals surface area contributed by atoms with Crippen LogP contribution in [-0.2, 0) is 4.79 Å². The zero-order valence-electron chi connectivity index (χ0n) is 13.9. The first-order chi connectivity index (χ1) is 11.1. The molecule has 1 aromatic rings. The number of amides is 1. The molecule has 0 atom stereocenters. The summed E-state index contributed by atoms with van der Waals surface area (Å²) in [5, 5.41) is 4.41. The van der Waals surface area contributed by atoms with Crippen LogP contribution in [0.5, 0.6) is 5.75 Å². The summed E-state index contributed by atoms with van der Waals surface area (Å²) in [6.45, 7) is 6.19. The van der Waals surface area contributed by atoms with E-state index < -0.39 is 0 Å². The molecule has 24 heavy (non-hydrogen) atoms. The van der Waals surface area contributed by atoms with E-state index in [0.29, 0.717) is 34.7 Å². The lowest BCUT2D eigenvalue weighted by Gasteiger charge is -2.32. The third-order valence-corrected chi connectivity index (χ3v) is 4.65. The minimum Gasteiger partial charge on any atom is -0.491 e. The molecule has 1 saturated heterocycles. The summed E-state index contributed by atoms with van der Waals surface area (Å²) in [6, 6.07) is 5.08. The highest BCUT2D eigenvalue weighted by Gasteiger charge is 2.22. The highest BCUT2D eigenvalue weighted by molar-refractivity contribution is 6.35. The van der Waals surface area contributed by atoms with Crippen molar-refractivity contribution in [3.8, 4) is 5.75 Å². The number of likely N-dealkylation sites (tertiary alicyclic amines) is 1. The molecule has 0 saturated carbocycles. The number of rotatable bonds is 7. The lowest BCUT2D eigenvalue weighted by atomic mass is 9.96. The molecule has 4 nitrogen and oxygen atoms in total. The maximum absolute atomic E-state index is 12.2. The van der Waals surface area contributed by atoms with Crippen LogP contribution in [0.25, 0.3) is 0 Å². The van der Waals surface area contributed by atoms with Crippen LogP contribution in [-0.4, -0.2) is 43.6 Å². The van der Waals surface area contributed by atoms with Gasteiger partial charge in [-0.2, -0.15) is 0 Å². The summed E-state index contributed by atoms with van der Waals surface area (Å²) in [5.41, 5.74) is 0. The maximum Gasteiger partial charge on any atom is 0.225 e. The molecule has 1 heterocycles. The normalized spacial score (nSPS) is 15.0. The van der Waals surface area contributed by atoms with Gasteiger partial charge in [0.15, 0.2) is 0 Å². The third-order valence-electron chi connectivity index (χ3n) is 4.12. The van der Waals surface area contributed by atoms with Crippen molar-refractivity contribution in [2.45, 2.75) is 26.2 Å². The zero-order chi connectivity index (χ0) is 16.7. The molecule has 1 aliphatic rings. The van der Waals surface area contributed by atoms with E-state index >= 15 is 0 Å². The zero-order valence-corrected chi connectivity index (χ0v) is 16.2. The molecule has 1 aromatic carbocycles. The van der Waals surface area contributed by atoms with E-state index in [1.54, 1.807) is 18.2 Å². The molecule has 1 amide bonds. The van der Waals surface area contributed by atoms with Gasteiger partial charge >= 0.3 is 0 Å². The smallest absolute Gasteiger partial charge is 0.225 e. The van der Waals surface area contributed by atoms with Gasteiger partial charge in [0.05, 0.1) is 18.1 Å². The van der Waals surface area contributed by atoms with Gasteiger partial charge in [-0.05, 0) is 50.0 Å². The van der Waals surface area contributed by atoms with Gasteiger partial charge in [-0.15, -0.1) is 12.4 Å². The van der Waals surface area contributed by atoms with Crippen LogP contribution in [0.2, 0.25) is 10.0 Å². The van der Waals surface area contributed by atoms with Crippen LogP contribution in [0.1, 0.15) is 26.2 Å². The molecule has 7 heteroatoms. The second kappa shape index (κ2) is 11.0. The first kappa shape index (κ1) is 21.4. The number of piperidine rings is 1. The Morgan fingerprint density at radius 3 is 2.67 bits per heavy atom. The number of ether oxygens (including phenoxy) is 1. The Labute approximate surface area is 160 Å². The second-order valence-electron chi connectivity index (χ2n) is 5.81. The van der Waals surface area contributed by atoms with Crippen molar-refractivity contribution >= 4 is 41.5 Å². The van der Waals surface area contributed by atoms with E-state index in [0.717, 1.165) is 39.0 Å². The van der Waals surface area contributed by atoms with E-state index in [4.69, 9.17) is 27.9 Å². The average molecular weight is 396 g/mol. The lowest BCUT2D eigenvalue weighted by molar-refractivity contribution is -0.133. The van der Waals surface area contributed by atoms with E-state index in [-0.39, 0.29) is 18.3 Å². The van der Waals surface area contributed by atoms with Gasteiger partial charge in [-0.3, -0.25) is 4.79 Å². The highest BCUT2D eigenvalue weighted by atomic mass is 35.5. The maximum atomic E-state index is 12.2. The number of hydrogen-bond acceptors (Lipinski definition) is 3. The molecule has 1 fully saturated rings. The Hall–Kier alpha value is -0.680. The van der Waals surface area contributed by atoms with Crippen LogP contribution in [0.4, 0.5) is 0 Å². The highest BCUT2D eigenvalue weighted by Crippen LogP contribution is 2.27. The first-order valence-corrected chi connectivity index (χ1v) is 8.92. The van der Waals surface area contributed by atoms with E-state index in [9.17, 15) is 4.79 Å². The summed E-state index contributed by atoms with van der Waals surface area (Å²) in [6.07, 6.45) is 2.52. The Bertz CT molecular complexity index is 521. The Morgan fingerprint density at radius 1 is 1.33 bits per heavy atom. The topological polar surface area (TPSA) is 41.6 Å². The van der Waals surface area contributed by atoms with Crippen molar-refractivity contribution in [1.29, 1.82) is 0 Å². The molecule has 136 valence electrons. The minimum absolute atomic E-state index is 0. The summed E-state index contributed by atoms with van der Waals surface area (Å²) in [5.74, 6) is 1.40. The number of nitrogens with zero attached hydrogens (tertiary/aromatic N) is 1. The van der Waals surface area contributed by atoms with E-state index in [1.165, 1.54) is 0 Å². The van der Waals surface area contributed by atoms with Gasteiger partial charge < -0.3 is 15.0 Å².